The summed E-state index contributed by atoms with van der Waals surface area (Å²) in [7, 11) is 1.86. The van der Waals surface area contributed by atoms with Crippen molar-refractivity contribution in [2.45, 2.75) is 32.1 Å². The van der Waals surface area contributed by atoms with Gasteiger partial charge in [-0.3, -0.25) is 4.79 Å². The van der Waals surface area contributed by atoms with Crippen molar-refractivity contribution in [3.05, 3.63) is 11.7 Å². The highest BCUT2D eigenvalue weighted by atomic mass is 35.5. The van der Waals surface area contributed by atoms with Crippen LogP contribution < -0.4 is 5.32 Å². The maximum atomic E-state index is 11.8. The predicted octanol–water partition coefficient (Wildman–Crippen LogP) is 1.12. The summed E-state index contributed by atoms with van der Waals surface area (Å²) in [4.78, 5) is 18.0. The first-order chi connectivity index (χ1) is 8.70. The lowest BCUT2D eigenvalue weighted by molar-refractivity contribution is -0.132. The highest BCUT2D eigenvalue weighted by Crippen LogP contribution is 2.26. The fourth-order valence-electron chi connectivity index (χ4n) is 2.24. The van der Waals surface area contributed by atoms with E-state index in [4.69, 9.17) is 4.52 Å². The van der Waals surface area contributed by atoms with Gasteiger partial charge >= 0.3 is 0 Å². The second kappa shape index (κ2) is 7.45. The number of carbonyl (C=O) groups is 1. The molecule has 0 radical (unpaired) electrons. The third-order valence-corrected chi connectivity index (χ3v) is 3.33. The van der Waals surface area contributed by atoms with Crippen molar-refractivity contribution in [2.24, 2.45) is 0 Å². The van der Waals surface area contributed by atoms with Gasteiger partial charge in [0.15, 0.2) is 5.82 Å². The number of rotatable bonds is 4. The van der Waals surface area contributed by atoms with E-state index in [1.807, 2.05) is 18.9 Å². The molecule has 1 aliphatic heterocycles. The molecule has 1 aromatic rings. The fraction of sp³-hybridized carbons (Fsp3) is 0.750. The van der Waals surface area contributed by atoms with Crippen LogP contribution in [0.4, 0.5) is 0 Å². The van der Waals surface area contributed by atoms with Gasteiger partial charge in [-0.25, -0.2) is 0 Å². The highest BCUT2D eigenvalue weighted by molar-refractivity contribution is 5.85. The van der Waals surface area contributed by atoms with Crippen LogP contribution >= 0.6 is 12.4 Å². The van der Waals surface area contributed by atoms with E-state index in [9.17, 15) is 4.79 Å². The van der Waals surface area contributed by atoms with Crippen LogP contribution in [0.5, 0.6) is 0 Å². The number of hydrogen-bond acceptors (Lipinski definition) is 5. The van der Waals surface area contributed by atoms with E-state index in [2.05, 4.69) is 15.5 Å². The average Bonchev–Trinajstić information content (AvgIpc) is 2.83. The number of carbonyl (C=O) groups excluding carboxylic acids is 1. The maximum absolute atomic E-state index is 11.8. The fourth-order valence-corrected chi connectivity index (χ4v) is 2.24. The van der Waals surface area contributed by atoms with E-state index < -0.39 is 0 Å². The molecule has 2 heterocycles. The molecule has 1 aromatic heterocycles. The topological polar surface area (TPSA) is 71.3 Å². The zero-order valence-electron chi connectivity index (χ0n) is 11.4. The van der Waals surface area contributed by atoms with Crippen LogP contribution in [0.15, 0.2) is 4.52 Å². The molecule has 0 bridgehead atoms. The lowest BCUT2D eigenvalue weighted by Crippen LogP contribution is -2.38. The van der Waals surface area contributed by atoms with Gasteiger partial charge < -0.3 is 14.7 Å². The van der Waals surface area contributed by atoms with E-state index in [1.165, 1.54) is 0 Å². The number of aromatic nitrogens is 2. The van der Waals surface area contributed by atoms with Crippen LogP contribution in [-0.4, -0.2) is 47.6 Å². The molecule has 1 amide bonds. The van der Waals surface area contributed by atoms with Gasteiger partial charge in [0.25, 0.3) is 0 Å². The van der Waals surface area contributed by atoms with Crippen LogP contribution in [0, 0.1) is 6.92 Å². The highest BCUT2D eigenvalue weighted by Gasteiger charge is 2.26. The number of nitrogens with one attached hydrogen (secondary N) is 1. The number of likely N-dealkylation sites (tertiary alicyclic amines) is 1. The Bertz CT molecular complexity index is 402. The third kappa shape index (κ3) is 4.18. The first kappa shape index (κ1) is 15.9. The summed E-state index contributed by atoms with van der Waals surface area (Å²) in [5.41, 5.74) is 0. The van der Waals surface area contributed by atoms with E-state index >= 15 is 0 Å². The largest absolute Gasteiger partial charge is 0.343 e. The van der Waals surface area contributed by atoms with Gasteiger partial charge in [-0.15, -0.1) is 12.4 Å². The molecule has 1 saturated heterocycles. The number of piperidine rings is 1. The molecule has 0 aliphatic carbocycles. The van der Waals surface area contributed by atoms with Crippen LogP contribution in [0.1, 0.15) is 36.9 Å². The van der Waals surface area contributed by atoms with Crippen molar-refractivity contribution < 1.29 is 9.32 Å². The minimum atomic E-state index is 0. The molecule has 19 heavy (non-hydrogen) atoms. The quantitative estimate of drug-likeness (QED) is 0.899. The Morgan fingerprint density at radius 3 is 2.68 bits per heavy atom. The molecule has 0 unspecified atom stereocenters. The number of hydrogen-bond donors (Lipinski definition) is 1. The van der Waals surface area contributed by atoms with Gasteiger partial charge in [-0.05, 0) is 26.8 Å². The Hall–Kier alpha value is -1.14. The van der Waals surface area contributed by atoms with E-state index in [1.54, 1.807) is 0 Å². The predicted molar refractivity (Wildman–Crippen MR) is 73.4 cm³/mol. The Morgan fingerprint density at radius 1 is 1.47 bits per heavy atom. The second-order valence-corrected chi connectivity index (χ2v) is 4.69. The van der Waals surface area contributed by atoms with Crippen LogP contribution in [0.25, 0.3) is 0 Å². The van der Waals surface area contributed by atoms with Crippen molar-refractivity contribution in [1.82, 2.24) is 20.4 Å². The summed E-state index contributed by atoms with van der Waals surface area (Å²) < 4.78 is 5.19. The molecule has 1 N–H and O–H groups in total. The van der Waals surface area contributed by atoms with Crippen molar-refractivity contribution >= 4 is 18.3 Å². The maximum Gasteiger partial charge on any atom is 0.229 e. The molecular formula is C12H21ClN4O2. The molecule has 6 nitrogen and oxygen atoms in total. The van der Waals surface area contributed by atoms with Crippen LogP contribution in [0.2, 0.25) is 0 Å². The Morgan fingerprint density at radius 2 is 2.16 bits per heavy atom. The Balaban J connectivity index is 0.00000180. The lowest BCUT2D eigenvalue weighted by atomic mass is 9.96. The first-order valence-electron chi connectivity index (χ1n) is 6.43. The number of nitrogens with zero attached hydrogens (tertiary/aromatic N) is 3. The summed E-state index contributed by atoms with van der Waals surface area (Å²) in [6, 6.07) is 0. The zero-order chi connectivity index (χ0) is 13.0. The summed E-state index contributed by atoms with van der Waals surface area (Å²) >= 11 is 0. The molecule has 108 valence electrons. The average molecular weight is 289 g/mol. The number of halogens is 1. The Kier molecular flexibility index (Phi) is 6.24. The first-order valence-corrected chi connectivity index (χ1v) is 6.43. The minimum Gasteiger partial charge on any atom is -0.343 e. The molecule has 0 spiro atoms. The summed E-state index contributed by atoms with van der Waals surface area (Å²) in [6.45, 7) is 4.13. The van der Waals surface area contributed by atoms with Crippen LogP contribution in [-0.2, 0) is 4.79 Å². The molecular weight excluding hydrogens is 268 g/mol. The molecule has 0 saturated carbocycles. The van der Waals surface area contributed by atoms with Gasteiger partial charge in [0.05, 0.1) is 0 Å². The number of amides is 1. The monoisotopic (exact) mass is 288 g/mol. The number of aryl methyl sites for hydroxylation is 1. The van der Waals surface area contributed by atoms with Crippen molar-refractivity contribution in [3.63, 3.8) is 0 Å². The van der Waals surface area contributed by atoms with E-state index in [0.717, 1.165) is 38.4 Å². The second-order valence-electron chi connectivity index (χ2n) is 4.69. The van der Waals surface area contributed by atoms with Gasteiger partial charge in [0.2, 0.25) is 11.8 Å². The molecule has 1 fully saturated rings. The van der Waals surface area contributed by atoms with E-state index in [0.29, 0.717) is 18.2 Å². The standard InChI is InChI=1S/C12H20N4O2.ClH/c1-9-14-12(18-15-9)10-4-7-16(8-5-10)11(17)3-6-13-2;/h10,13H,3-8H2,1-2H3;1H. The molecule has 0 atom stereocenters. The van der Waals surface area contributed by atoms with Gasteiger partial charge in [-0.1, -0.05) is 5.16 Å². The molecule has 7 heteroatoms. The minimum absolute atomic E-state index is 0. The zero-order valence-corrected chi connectivity index (χ0v) is 12.2. The SMILES string of the molecule is CNCCC(=O)N1CCC(c2nc(C)no2)CC1.Cl. The molecule has 1 aliphatic rings. The molecule has 0 aromatic carbocycles. The van der Waals surface area contributed by atoms with E-state index in [-0.39, 0.29) is 18.3 Å². The lowest BCUT2D eigenvalue weighted by Gasteiger charge is -2.30. The smallest absolute Gasteiger partial charge is 0.229 e. The summed E-state index contributed by atoms with van der Waals surface area (Å²) in [5, 5.41) is 6.81. The van der Waals surface area contributed by atoms with Gasteiger partial charge in [0, 0.05) is 32.0 Å². The van der Waals surface area contributed by atoms with Gasteiger partial charge in [0.1, 0.15) is 0 Å². The third-order valence-electron chi connectivity index (χ3n) is 3.33. The summed E-state index contributed by atoms with van der Waals surface area (Å²) in [5.74, 6) is 1.93. The van der Waals surface area contributed by atoms with Gasteiger partial charge in [-0.2, -0.15) is 4.98 Å². The molecule has 2 rings (SSSR count). The van der Waals surface area contributed by atoms with Crippen molar-refractivity contribution in [2.75, 3.05) is 26.7 Å². The van der Waals surface area contributed by atoms with Crippen molar-refractivity contribution in [3.8, 4) is 0 Å². The van der Waals surface area contributed by atoms with Crippen molar-refractivity contribution in [1.29, 1.82) is 0 Å². The van der Waals surface area contributed by atoms with Crippen LogP contribution in [0.3, 0.4) is 0 Å². The normalized spacial score (nSPS) is 16.2. The Labute approximate surface area is 119 Å². The summed E-state index contributed by atoms with van der Waals surface area (Å²) in [6.07, 6.45) is 2.39.